The number of nitrogens with one attached hydrogen (secondary N) is 1. The van der Waals surface area contributed by atoms with Crippen molar-refractivity contribution in [1.29, 1.82) is 0 Å². The summed E-state index contributed by atoms with van der Waals surface area (Å²) in [4.78, 5) is 12.3. The number of methoxy groups -OCH3 is 1. The Labute approximate surface area is 155 Å². The van der Waals surface area contributed by atoms with Crippen molar-refractivity contribution in [2.45, 2.75) is 38.0 Å². The summed E-state index contributed by atoms with van der Waals surface area (Å²) in [5, 5.41) is 3.08. The monoisotopic (exact) mass is 353 g/mol. The van der Waals surface area contributed by atoms with Crippen LogP contribution in [0.5, 0.6) is 11.5 Å². The minimum absolute atomic E-state index is 0.0196. The van der Waals surface area contributed by atoms with Crippen molar-refractivity contribution in [3.05, 3.63) is 59.7 Å². The van der Waals surface area contributed by atoms with Gasteiger partial charge in [-0.05, 0) is 49.6 Å². The third kappa shape index (κ3) is 4.37. The van der Waals surface area contributed by atoms with Gasteiger partial charge in [0.05, 0.1) is 7.11 Å². The standard InChI is InChI=1S/C22H27NO3/c1-17-5-9-20(10-6-17)26-15-21(24)23-16-22(13-3-4-14-22)18-7-11-19(25-2)12-8-18/h5-12H,3-4,13-16H2,1-2H3,(H,23,24). The molecule has 1 N–H and O–H groups in total. The van der Waals surface area contributed by atoms with Crippen LogP contribution in [0.25, 0.3) is 0 Å². The lowest BCUT2D eigenvalue weighted by atomic mass is 9.79. The van der Waals surface area contributed by atoms with Gasteiger partial charge in [-0.3, -0.25) is 4.79 Å². The number of hydrogen-bond acceptors (Lipinski definition) is 3. The molecular formula is C22H27NO3. The van der Waals surface area contributed by atoms with Crippen molar-refractivity contribution in [2.75, 3.05) is 20.3 Å². The van der Waals surface area contributed by atoms with Crippen molar-refractivity contribution in [3.63, 3.8) is 0 Å². The smallest absolute Gasteiger partial charge is 0.257 e. The molecule has 138 valence electrons. The molecule has 1 saturated carbocycles. The fraction of sp³-hybridized carbons (Fsp3) is 0.409. The normalized spacial score (nSPS) is 15.5. The van der Waals surface area contributed by atoms with Gasteiger partial charge in [-0.1, -0.05) is 42.7 Å². The second-order valence-electron chi connectivity index (χ2n) is 7.09. The van der Waals surface area contributed by atoms with E-state index in [-0.39, 0.29) is 17.9 Å². The number of carbonyl (C=O) groups is 1. The van der Waals surface area contributed by atoms with Crippen molar-refractivity contribution in [2.24, 2.45) is 0 Å². The number of benzene rings is 2. The molecule has 0 heterocycles. The lowest BCUT2D eigenvalue weighted by Gasteiger charge is -2.30. The molecule has 0 bridgehead atoms. The predicted molar refractivity (Wildman–Crippen MR) is 103 cm³/mol. The fourth-order valence-electron chi connectivity index (χ4n) is 3.67. The van der Waals surface area contributed by atoms with Crippen LogP contribution < -0.4 is 14.8 Å². The van der Waals surface area contributed by atoms with Crippen molar-refractivity contribution in [1.82, 2.24) is 5.32 Å². The molecule has 0 aromatic heterocycles. The minimum Gasteiger partial charge on any atom is -0.497 e. The molecule has 2 aromatic carbocycles. The quantitative estimate of drug-likeness (QED) is 0.818. The lowest BCUT2D eigenvalue weighted by Crippen LogP contribution is -2.40. The fourth-order valence-corrected chi connectivity index (χ4v) is 3.67. The number of amides is 1. The average molecular weight is 353 g/mol. The number of carbonyl (C=O) groups excluding carboxylic acids is 1. The zero-order valence-corrected chi connectivity index (χ0v) is 15.6. The van der Waals surface area contributed by atoms with Gasteiger partial charge in [0.1, 0.15) is 11.5 Å². The van der Waals surface area contributed by atoms with E-state index in [0.717, 1.165) is 24.3 Å². The first-order chi connectivity index (χ1) is 12.6. The molecule has 1 aliphatic rings. The van der Waals surface area contributed by atoms with Crippen LogP contribution in [0.15, 0.2) is 48.5 Å². The van der Waals surface area contributed by atoms with Crippen LogP contribution in [-0.2, 0) is 10.2 Å². The maximum absolute atomic E-state index is 12.3. The Morgan fingerprint density at radius 1 is 1.00 bits per heavy atom. The van der Waals surface area contributed by atoms with E-state index in [1.165, 1.54) is 24.0 Å². The molecule has 0 radical (unpaired) electrons. The van der Waals surface area contributed by atoms with Crippen LogP contribution in [0.3, 0.4) is 0 Å². The number of aryl methyl sites for hydroxylation is 1. The largest absolute Gasteiger partial charge is 0.497 e. The molecule has 0 saturated heterocycles. The SMILES string of the molecule is COc1ccc(C2(CNC(=O)COc3ccc(C)cc3)CCCC2)cc1. The summed E-state index contributed by atoms with van der Waals surface area (Å²) in [6.45, 7) is 2.72. The van der Waals surface area contributed by atoms with E-state index in [4.69, 9.17) is 9.47 Å². The Bertz CT molecular complexity index is 716. The second kappa shape index (κ2) is 8.26. The number of ether oxygens (including phenoxy) is 2. The van der Waals surface area contributed by atoms with E-state index in [9.17, 15) is 4.79 Å². The van der Waals surface area contributed by atoms with E-state index in [0.29, 0.717) is 6.54 Å². The van der Waals surface area contributed by atoms with Crippen LogP contribution in [-0.4, -0.2) is 26.2 Å². The van der Waals surface area contributed by atoms with Gasteiger partial charge in [0.25, 0.3) is 5.91 Å². The molecule has 1 amide bonds. The van der Waals surface area contributed by atoms with Crippen molar-refractivity contribution in [3.8, 4) is 11.5 Å². The molecule has 0 unspecified atom stereocenters. The van der Waals surface area contributed by atoms with E-state index < -0.39 is 0 Å². The van der Waals surface area contributed by atoms with E-state index in [1.54, 1.807) is 7.11 Å². The first kappa shape index (κ1) is 18.3. The maximum Gasteiger partial charge on any atom is 0.257 e. The summed E-state index contributed by atoms with van der Waals surface area (Å²) < 4.78 is 10.8. The summed E-state index contributed by atoms with van der Waals surface area (Å²) >= 11 is 0. The number of rotatable bonds is 7. The van der Waals surface area contributed by atoms with Crippen LogP contribution >= 0.6 is 0 Å². The number of hydrogen-bond donors (Lipinski definition) is 1. The van der Waals surface area contributed by atoms with Crippen LogP contribution in [0, 0.1) is 6.92 Å². The molecule has 4 nitrogen and oxygen atoms in total. The third-order valence-corrected chi connectivity index (χ3v) is 5.28. The average Bonchev–Trinajstić information content (AvgIpc) is 3.16. The van der Waals surface area contributed by atoms with Gasteiger partial charge in [0.15, 0.2) is 6.61 Å². The van der Waals surface area contributed by atoms with Crippen molar-refractivity contribution >= 4 is 5.91 Å². The summed E-state index contributed by atoms with van der Waals surface area (Å²) in [7, 11) is 1.68. The summed E-state index contributed by atoms with van der Waals surface area (Å²) in [5.41, 5.74) is 2.46. The highest BCUT2D eigenvalue weighted by Crippen LogP contribution is 2.41. The molecule has 4 heteroatoms. The molecule has 2 aromatic rings. The Morgan fingerprint density at radius 3 is 2.23 bits per heavy atom. The van der Waals surface area contributed by atoms with Crippen LogP contribution in [0.2, 0.25) is 0 Å². The predicted octanol–water partition coefficient (Wildman–Crippen LogP) is 4.01. The first-order valence-corrected chi connectivity index (χ1v) is 9.22. The Kier molecular flexibility index (Phi) is 5.82. The highest BCUT2D eigenvalue weighted by Gasteiger charge is 2.35. The maximum atomic E-state index is 12.3. The summed E-state index contributed by atoms with van der Waals surface area (Å²) in [5.74, 6) is 1.50. The molecule has 1 aliphatic carbocycles. The zero-order valence-electron chi connectivity index (χ0n) is 15.6. The first-order valence-electron chi connectivity index (χ1n) is 9.22. The molecule has 0 aliphatic heterocycles. The Balaban J connectivity index is 1.57. The van der Waals surface area contributed by atoms with Gasteiger partial charge < -0.3 is 14.8 Å². The Hall–Kier alpha value is -2.49. The zero-order chi connectivity index (χ0) is 18.4. The van der Waals surface area contributed by atoms with Crippen LogP contribution in [0.4, 0.5) is 0 Å². The second-order valence-corrected chi connectivity index (χ2v) is 7.09. The highest BCUT2D eigenvalue weighted by atomic mass is 16.5. The lowest BCUT2D eigenvalue weighted by molar-refractivity contribution is -0.123. The Morgan fingerprint density at radius 2 is 1.62 bits per heavy atom. The van der Waals surface area contributed by atoms with Gasteiger partial charge in [0, 0.05) is 12.0 Å². The molecular weight excluding hydrogens is 326 g/mol. The van der Waals surface area contributed by atoms with Gasteiger partial charge >= 0.3 is 0 Å². The van der Waals surface area contributed by atoms with E-state index >= 15 is 0 Å². The molecule has 1 fully saturated rings. The molecule has 3 rings (SSSR count). The van der Waals surface area contributed by atoms with Gasteiger partial charge in [-0.15, -0.1) is 0 Å². The van der Waals surface area contributed by atoms with E-state index in [1.807, 2.05) is 43.3 Å². The summed E-state index contributed by atoms with van der Waals surface area (Å²) in [6, 6.07) is 16.0. The third-order valence-electron chi connectivity index (χ3n) is 5.28. The van der Waals surface area contributed by atoms with Gasteiger partial charge in [-0.25, -0.2) is 0 Å². The van der Waals surface area contributed by atoms with Crippen LogP contribution in [0.1, 0.15) is 36.8 Å². The summed E-state index contributed by atoms with van der Waals surface area (Å²) in [6.07, 6.45) is 4.58. The van der Waals surface area contributed by atoms with Gasteiger partial charge in [0.2, 0.25) is 0 Å². The van der Waals surface area contributed by atoms with Crippen molar-refractivity contribution < 1.29 is 14.3 Å². The molecule has 0 atom stereocenters. The topological polar surface area (TPSA) is 47.6 Å². The van der Waals surface area contributed by atoms with Gasteiger partial charge in [-0.2, -0.15) is 0 Å². The molecule has 26 heavy (non-hydrogen) atoms. The van der Waals surface area contributed by atoms with E-state index in [2.05, 4.69) is 17.4 Å². The molecule has 0 spiro atoms. The minimum atomic E-state index is -0.0784. The highest BCUT2D eigenvalue weighted by molar-refractivity contribution is 5.77.